The zero-order valence-corrected chi connectivity index (χ0v) is 13.4. The number of aromatic amines is 2. The minimum atomic E-state index is -0.159. The lowest BCUT2D eigenvalue weighted by atomic mass is 10.3. The highest BCUT2D eigenvalue weighted by atomic mass is 16.1. The first-order valence-corrected chi connectivity index (χ1v) is 7.61. The predicted molar refractivity (Wildman–Crippen MR) is 90.4 cm³/mol. The first-order valence-electron chi connectivity index (χ1n) is 7.61. The van der Waals surface area contributed by atoms with Crippen molar-refractivity contribution in [3.05, 3.63) is 52.6 Å². The van der Waals surface area contributed by atoms with Gasteiger partial charge in [0.1, 0.15) is 11.2 Å². The largest absolute Gasteiger partial charge is 0.357 e. The summed E-state index contributed by atoms with van der Waals surface area (Å²) in [7, 11) is 3.76. The maximum atomic E-state index is 12.1. The second kappa shape index (κ2) is 5.57. The smallest absolute Gasteiger partial charge is 0.262 e. The fourth-order valence-electron chi connectivity index (χ4n) is 2.87. The molecular formula is C16H17N7O. The summed E-state index contributed by atoms with van der Waals surface area (Å²) in [6.45, 7) is 1.24. The zero-order chi connectivity index (χ0) is 16.7. The molecule has 0 saturated carbocycles. The molecule has 0 spiro atoms. The molecule has 0 amide bonds. The van der Waals surface area contributed by atoms with Crippen LogP contribution in [0.5, 0.6) is 0 Å². The number of aromatic nitrogens is 6. The van der Waals surface area contributed by atoms with Crippen LogP contribution in [-0.4, -0.2) is 41.7 Å². The molecule has 122 valence electrons. The lowest BCUT2D eigenvalue weighted by molar-refractivity contribution is 0.307. The van der Waals surface area contributed by atoms with Gasteiger partial charge in [-0.05, 0) is 19.2 Å². The summed E-state index contributed by atoms with van der Waals surface area (Å²) in [5.41, 5.74) is 2.59. The van der Waals surface area contributed by atoms with Crippen molar-refractivity contribution in [3.8, 4) is 0 Å². The standard InChI is InChI=1S/C16H17N7O/c1-22(8-11-5-10-6-17-4-3-13(10)19-11)9-14-20-15-12(16(24)21-14)7-18-23(15)2/h3-7,19H,8-9H2,1-2H3,(H,20,21,24). The van der Waals surface area contributed by atoms with E-state index in [0.29, 0.717) is 29.9 Å². The summed E-state index contributed by atoms with van der Waals surface area (Å²) in [6, 6.07) is 4.04. The van der Waals surface area contributed by atoms with E-state index in [-0.39, 0.29) is 5.56 Å². The molecule has 4 aromatic heterocycles. The van der Waals surface area contributed by atoms with Crippen LogP contribution in [0.1, 0.15) is 11.5 Å². The number of fused-ring (bicyclic) bond motifs is 2. The molecule has 0 unspecified atom stereocenters. The molecule has 8 nitrogen and oxygen atoms in total. The molecule has 0 fully saturated rings. The van der Waals surface area contributed by atoms with Gasteiger partial charge in [0.25, 0.3) is 5.56 Å². The number of pyridine rings is 1. The third-order valence-corrected chi connectivity index (χ3v) is 3.99. The van der Waals surface area contributed by atoms with Crippen molar-refractivity contribution in [2.75, 3.05) is 7.05 Å². The molecule has 0 saturated heterocycles. The topological polar surface area (TPSA) is 95.5 Å². The quantitative estimate of drug-likeness (QED) is 0.588. The number of rotatable bonds is 4. The first-order chi connectivity index (χ1) is 11.6. The van der Waals surface area contributed by atoms with Gasteiger partial charge in [-0.2, -0.15) is 5.10 Å². The Balaban J connectivity index is 1.56. The molecule has 0 aliphatic carbocycles. The molecule has 24 heavy (non-hydrogen) atoms. The van der Waals surface area contributed by atoms with Gasteiger partial charge in [0.05, 0.1) is 12.7 Å². The molecular weight excluding hydrogens is 306 g/mol. The Morgan fingerprint density at radius 3 is 2.96 bits per heavy atom. The third kappa shape index (κ3) is 2.56. The number of hydrogen-bond donors (Lipinski definition) is 2. The fourth-order valence-corrected chi connectivity index (χ4v) is 2.87. The fraction of sp³-hybridized carbons (Fsp3) is 0.250. The van der Waals surface area contributed by atoms with Gasteiger partial charge in [-0.25, -0.2) is 4.98 Å². The lowest BCUT2D eigenvalue weighted by Crippen LogP contribution is -2.22. The highest BCUT2D eigenvalue weighted by Crippen LogP contribution is 2.15. The zero-order valence-electron chi connectivity index (χ0n) is 13.4. The number of H-pyrrole nitrogens is 2. The summed E-state index contributed by atoms with van der Waals surface area (Å²) in [5, 5.41) is 5.67. The summed E-state index contributed by atoms with van der Waals surface area (Å²) in [5.74, 6) is 0.622. The first kappa shape index (κ1) is 14.6. The van der Waals surface area contributed by atoms with E-state index in [2.05, 4.69) is 36.0 Å². The van der Waals surface area contributed by atoms with Crippen LogP contribution in [-0.2, 0) is 20.1 Å². The Kier molecular flexibility index (Phi) is 3.39. The Labute approximate surface area is 137 Å². The van der Waals surface area contributed by atoms with Crippen molar-refractivity contribution in [2.24, 2.45) is 7.05 Å². The lowest BCUT2D eigenvalue weighted by Gasteiger charge is -2.14. The van der Waals surface area contributed by atoms with Crippen LogP contribution in [0.3, 0.4) is 0 Å². The molecule has 0 aliphatic heterocycles. The van der Waals surface area contributed by atoms with Crippen molar-refractivity contribution in [2.45, 2.75) is 13.1 Å². The average Bonchev–Trinajstić information content (AvgIpc) is 3.11. The van der Waals surface area contributed by atoms with E-state index in [1.54, 1.807) is 17.9 Å². The second-order valence-electron chi connectivity index (χ2n) is 5.95. The SMILES string of the molecule is CN(Cc1cc2cnccc2[nH]1)Cc1nc2c(cnn2C)c(=O)[nH]1. The van der Waals surface area contributed by atoms with E-state index < -0.39 is 0 Å². The normalized spacial score (nSPS) is 11.8. The molecule has 4 rings (SSSR count). The summed E-state index contributed by atoms with van der Waals surface area (Å²) < 4.78 is 1.61. The Morgan fingerprint density at radius 1 is 1.25 bits per heavy atom. The van der Waals surface area contributed by atoms with Crippen LogP contribution in [0.25, 0.3) is 21.9 Å². The Hall–Kier alpha value is -3.00. The van der Waals surface area contributed by atoms with Crippen molar-refractivity contribution in [1.82, 2.24) is 34.6 Å². The van der Waals surface area contributed by atoms with Gasteiger partial charge in [-0.1, -0.05) is 0 Å². The number of hydrogen-bond acceptors (Lipinski definition) is 5. The molecule has 0 aromatic carbocycles. The molecule has 8 heteroatoms. The molecule has 0 radical (unpaired) electrons. The minimum Gasteiger partial charge on any atom is -0.357 e. The third-order valence-electron chi connectivity index (χ3n) is 3.99. The number of nitrogens with zero attached hydrogens (tertiary/aromatic N) is 5. The summed E-state index contributed by atoms with van der Waals surface area (Å²) in [4.78, 5) is 29.0. The van der Waals surface area contributed by atoms with Gasteiger partial charge in [0.2, 0.25) is 0 Å². The Morgan fingerprint density at radius 2 is 2.12 bits per heavy atom. The van der Waals surface area contributed by atoms with E-state index in [1.807, 2.05) is 19.3 Å². The number of aryl methyl sites for hydroxylation is 1. The summed E-state index contributed by atoms with van der Waals surface area (Å²) in [6.07, 6.45) is 5.14. The van der Waals surface area contributed by atoms with Gasteiger partial charge in [-0.3, -0.25) is 19.4 Å². The van der Waals surface area contributed by atoms with Gasteiger partial charge in [0, 0.05) is 42.6 Å². The average molecular weight is 323 g/mol. The van der Waals surface area contributed by atoms with Crippen LogP contribution in [0.4, 0.5) is 0 Å². The second-order valence-corrected chi connectivity index (χ2v) is 5.95. The highest BCUT2D eigenvalue weighted by molar-refractivity contribution is 5.79. The van der Waals surface area contributed by atoms with E-state index >= 15 is 0 Å². The van der Waals surface area contributed by atoms with Gasteiger partial charge < -0.3 is 9.97 Å². The van der Waals surface area contributed by atoms with E-state index in [9.17, 15) is 4.79 Å². The monoisotopic (exact) mass is 323 g/mol. The minimum absolute atomic E-state index is 0.159. The van der Waals surface area contributed by atoms with E-state index in [4.69, 9.17) is 0 Å². The van der Waals surface area contributed by atoms with Crippen molar-refractivity contribution in [3.63, 3.8) is 0 Å². The van der Waals surface area contributed by atoms with Crippen molar-refractivity contribution >= 4 is 21.9 Å². The molecule has 0 atom stereocenters. The molecule has 4 heterocycles. The molecule has 2 N–H and O–H groups in total. The predicted octanol–water partition coefficient (Wildman–Crippen LogP) is 1.16. The summed E-state index contributed by atoms with van der Waals surface area (Å²) >= 11 is 0. The molecule has 0 bridgehead atoms. The Bertz CT molecular complexity index is 1040. The van der Waals surface area contributed by atoms with Crippen LogP contribution in [0.15, 0.2) is 35.5 Å². The van der Waals surface area contributed by atoms with E-state index in [1.165, 1.54) is 6.20 Å². The maximum Gasteiger partial charge on any atom is 0.262 e. The molecule has 4 aromatic rings. The van der Waals surface area contributed by atoms with Crippen LogP contribution in [0, 0.1) is 0 Å². The van der Waals surface area contributed by atoms with Gasteiger partial charge >= 0.3 is 0 Å². The van der Waals surface area contributed by atoms with Crippen LogP contribution < -0.4 is 5.56 Å². The highest BCUT2D eigenvalue weighted by Gasteiger charge is 2.11. The van der Waals surface area contributed by atoms with Gasteiger partial charge in [0.15, 0.2) is 5.65 Å². The van der Waals surface area contributed by atoms with E-state index in [0.717, 1.165) is 16.6 Å². The maximum absolute atomic E-state index is 12.1. The number of nitrogens with one attached hydrogen (secondary N) is 2. The van der Waals surface area contributed by atoms with Crippen LogP contribution >= 0.6 is 0 Å². The molecule has 0 aliphatic rings. The van der Waals surface area contributed by atoms with Crippen LogP contribution in [0.2, 0.25) is 0 Å². The van der Waals surface area contributed by atoms with Crippen molar-refractivity contribution in [1.29, 1.82) is 0 Å². The van der Waals surface area contributed by atoms with Crippen molar-refractivity contribution < 1.29 is 0 Å². The van der Waals surface area contributed by atoms with Gasteiger partial charge in [-0.15, -0.1) is 0 Å².